The molecule has 1 saturated heterocycles. The second-order valence-corrected chi connectivity index (χ2v) is 3.64. The van der Waals surface area contributed by atoms with Crippen molar-refractivity contribution in [3.63, 3.8) is 0 Å². The molecule has 0 amide bonds. The van der Waals surface area contributed by atoms with Crippen molar-refractivity contribution >= 4 is 6.08 Å². The van der Waals surface area contributed by atoms with E-state index in [2.05, 4.69) is 42.6 Å². The van der Waals surface area contributed by atoms with Crippen LogP contribution in [0.4, 0.5) is 0 Å². The summed E-state index contributed by atoms with van der Waals surface area (Å²) >= 11 is 0. The van der Waals surface area contributed by atoms with Crippen molar-refractivity contribution in [3.8, 4) is 0 Å². The molecule has 1 nitrogen and oxygen atoms in total. The van der Waals surface area contributed by atoms with E-state index in [9.17, 15) is 0 Å². The molecule has 1 aliphatic rings. The summed E-state index contributed by atoms with van der Waals surface area (Å²) in [7, 11) is 0. The lowest BCUT2D eigenvalue weighted by atomic mass is 10.1. The van der Waals surface area contributed by atoms with Crippen molar-refractivity contribution in [2.45, 2.75) is 13.3 Å². The Bertz CT molecular complexity index is 318. The lowest BCUT2D eigenvalue weighted by Crippen LogP contribution is -2.04. The summed E-state index contributed by atoms with van der Waals surface area (Å²) in [6, 6.07) is 8.64. The van der Waals surface area contributed by atoms with Crippen LogP contribution in [0.2, 0.25) is 0 Å². The number of benzene rings is 1. The molecule has 68 valence electrons. The normalized spacial score (nSPS) is 19.6. The topological polar surface area (TPSA) is 12.0 Å². The number of hydrogen-bond donors (Lipinski definition) is 1. The predicted octanol–water partition coefficient (Wildman–Crippen LogP) is 2.37. The monoisotopic (exact) mass is 173 g/mol. The smallest absolute Gasteiger partial charge is 0.0168 e. The second-order valence-electron chi connectivity index (χ2n) is 3.64. The van der Waals surface area contributed by atoms with E-state index in [0.717, 1.165) is 13.1 Å². The Morgan fingerprint density at radius 3 is 3.00 bits per heavy atom. The summed E-state index contributed by atoms with van der Waals surface area (Å²) in [6.07, 6.45) is 3.50. The summed E-state index contributed by atoms with van der Waals surface area (Å²) in [5, 5.41) is 3.34. The Kier molecular flexibility index (Phi) is 2.46. The largest absolute Gasteiger partial charge is 0.313 e. The van der Waals surface area contributed by atoms with Crippen LogP contribution in [0.15, 0.2) is 29.8 Å². The molecule has 13 heavy (non-hydrogen) atoms. The van der Waals surface area contributed by atoms with Crippen molar-refractivity contribution in [1.82, 2.24) is 5.32 Å². The Balaban J connectivity index is 2.21. The molecule has 2 rings (SSSR count). The van der Waals surface area contributed by atoms with Gasteiger partial charge in [-0.1, -0.05) is 41.5 Å². The highest BCUT2D eigenvalue weighted by molar-refractivity contribution is 5.54. The van der Waals surface area contributed by atoms with Crippen LogP contribution >= 0.6 is 0 Å². The van der Waals surface area contributed by atoms with Crippen LogP contribution in [0.5, 0.6) is 0 Å². The van der Waals surface area contributed by atoms with Crippen molar-refractivity contribution < 1.29 is 0 Å². The summed E-state index contributed by atoms with van der Waals surface area (Å²) < 4.78 is 0. The van der Waals surface area contributed by atoms with E-state index in [1.807, 2.05) is 0 Å². The molecule has 1 aliphatic heterocycles. The number of hydrogen-bond acceptors (Lipinski definition) is 1. The predicted molar refractivity (Wildman–Crippen MR) is 56.6 cm³/mol. The third kappa shape index (κ3) is 2.19. The first-order valence-corrected chi connectivity index (χ1v) is 4.81. The minimum absolute atomic E-state index is 1.06. The van der Waals surface area contributed by atoms with Gasteiger partial charge >= 0.3 is 0 Å². The van der Waals surface area contributed by atoms with Gasteiger partial charge in [0.25, 0.3) is 0 Å². The van der Waals surface area contributed by atoms with Crippen LogP contribution in [0, 0.1) is 6.92 Å². The van der Waals surface area contributed by atoms with E-state index in [4.69, 9.17) is 0 Å². The molecule has 1 heterocycles. The van der Waals surface area contributed by atoms with Crippen LogP contribution in [-0.2, 0) is 0 Å². The molecule has 0 unspecified atom stereocenters. The van der Waals surface area contributed by atoms with Gasteiger partial charge in [-0.3, -0.25) is 0 Å². The molecule has 0 saturated carbocycles. The summed E-state index contributed by atoms with van der Waals surface area (Å²) in [5.41, 5.74) is 4.18. The first-order valence-electron chi connectivity index (χ1n) is 4.81. The standard InChI is InChI=1S/C12H15N/c1-10-3-2-4-11(7-10)8-12-5-6-13-9-12/h2-4,7-8,13H,5-6,9H2,1H3. The van der Waals surface area contributed by atoms with Crippen LogP contribution in [-0.4, -0.2) is 13.1 Å². The minimum atomic E-state index is 1.06. The van der Waals surface area contributed by atoms with Crippen LogP contribution in [0.1, 0.15) is 17.5 Å². The van der Waals surface area contributed by atoms with Gasteiger partial charge in [0.1, 0.15) is 0 Å². The minimum Gasteiger partial charge on any atom is -0.313 e. The zero-order valence-electron chi connectivity index (χ0n) is 8.01. The van der Waals surface area contributed by atoms with Gasteiger partial charge in [0.2, 0.25) is 0 Å². The van der Waals surface area contributed by atoms with E-state index in [1.165, 1.54) is 23.1 Å². The maximum atomic E-state index is 3.34. The second kappa shape index (κ2) is 3.75. The molecule has 1 N–H and O–H groups in total. The molecule has 1 aromatic rings. The van der Waals surface area contributed by atoms with Crippen LogP contribution in [0.25, 0.3) is 6.08 Å². The Labute approximate surface area is 79.5 Å². The average Bonchev–Trinajstić information content (AvgIpc) is 2.57. The zero-order chi connectivity index (χ0) is 9.10. The molecule has 0 aromatic heterocycles. The highest BCUT2D eigenvalue weighted by Crippen LogP contribution is 2.13. The van der Waals surface area contributed by atoms with Crippen molar-refractivity contribution in [3.05, 3.63) is 41.0 Å². The third-order valence-electron chi connectivity index (χ3n) is 2.39. The van der Waals surface area contributed by atoms with E-state index in [-0.39, 0.29) is 0 Å². The molecule has 0 spiro atoms. The van der Waals surface area contributed by atoms with Crippen molar-refractivity contribution in [2.24, 2.45) is 0 Å². The Hall–Kier alpha value is -1.08. The molecule has 1 heteroatoms. The number of nitrogens with one attached hydrogen (secondary N) is 1. The molecular formula is C12H15N. The highest BCUT2D eigenvalue weighted by Gasteiger charge is 2.04. The number of rotatable bonds is 1. The van der Waals surface area contributed by atoms with Gasteiger partial charge in [-0.2, -0.15) is 0 Å². The van der Waals surface area contributed by atoms with Crippen molar-refractivity contribution in [2.75, 3.05) is 13.1 Å². The van der Waals surface area contributed by atoms with Gasteiger partial charge in [-0.25, -0.2) is 0 Å². The Morgan fingerprint density at radius 1 is 1.38 bits per heavy atom. The molecule has 1 aromatic carbocycles. The Morgan fingerprint density at radius 2 is 2.31 bits per heavy atom. The first kappa shape index (κ1) is 8.52. The molecular weight excluding hydrogens is 158 g/mol. The van der Waals surface area contributed by atoms with Gasteiger partial charge < -0.3 is 5.32 Å². The zero-order valence-corrected chi connectivity index (χ0v) is 8.01. The maximum Gasteiger partial charge on any atom is 0.0168 e. The van der Waals surface area contributed by atoms with Gasteiger partial charge in [0.15, 0.2) is 0 Å². The van der Waals surface area contributed by atoms with Gasteiger partial charge in [0.05, 0.1) is 0 Å². The lowest BCUT2D eigenvalue weighted by Gasteiger charge is -1.98. The fraction of sp³-hybridized carbons (Fsp3) is 0.333. The van der Waals surface area contributed by atoms with E-state index in [1.54, 1.807) is 0 Å². The fourth-order valence-corrected chi connectivity index (χ4v) is 1.71. The molecule has 0 atom stereocenters. The SMILES string of the molecule is Cc1cccc(C=C2CCNC2)c1. The van der Waals surface area contributed by atoms with E-state index < -0.39 is 0 Å². The van der Waals surface area contributed by atoms with Gasteiger partial charge in [0, 0.05) is 6.54 Å². The van der Waals surface area contributed by atoms with Gasteiger partial charge in [-0.15, -0.1) is 0 Å². The fourth-order valence-electron chi connectivity index (χ4n) is 1.71. The average molecular weight is 173 g/mol. The molecule has 0 aliphatic carbocycles. The highest BCUT2D eigenvalue weighted by atomic mass is 14.9. The third-order valence-corrected chi connectivity index (χ3v) is 2.39. The summed E-state index contributed by atoms with van der Waals surface area (Å²) in [4.78, 5) is 0. The molecule has 0 radical (unpaired) electrons. The van der Waals surface area contributed by atoms with Gasteiger partial charge in [-0.05, 0) is 25.5 Å². The maximum absolute atomic E-state index is 3.34. The van der Waals surface area contributed by atoms with E-state index >= 15 is 0 Å². The summed E-state index contributed by atoms with van der Waals surface area (Å²) in [5.74, 6) is 0. The lowest BCUT2D eigenvalue weighted by molar-refractivity contribution is 0.862. The van der Waals surface area contributed by atoms with Crippen LogP contribution in [0.3, 0.4) is 0 Å². The number of aryl methyl sites for hydroxylation is 1. The molecule has 0 bridgehead atoms. The molecule has 1 fully saturated rings. The quantitative estimate of drug-likeness (QED) is 0.687. The van der Waals surface area contributed by atoms with Crippen molar-refractivity contribution in [1.29, 1.82) is 0 Å². The van der Waals surface area contributed by atoms with Crippen LogP contribution < -0.4 is 5.32 Å². The first-order chi connectivity index (χ1) is 6.34. The van der Waals surface area contributed by atoms with E-state index in [0.29, 0.717) is 0 Å². The summed E-state index contributed by atoms with van der Waals surface area (Å²) in [6.45, 7) is 4.33.